The van der Waals surface area contributed by atoms with Crippen molar-refractivity contribution in [1.29, 1.82) is 0 Å². The summed E-state index contributed by atoms with van der Waals surface area (Å²) in [5.74, 6) is 0.431. The molecule has 1 heterocycles. The molecular formula is C18H29N3O2. The predicted molar refractivity (Wildman–Crippen MR) is 92.4 cm³/mol. The fourth-order valence-corrected chi connectivity index (χ4v) is 3.06. The first-order valence-corrected chi connectivity index (χ1v) is 8.54. The molecule has 1 saturated heterocycles. The van der Waals surface area contributed by atoms with Gasteiger partial charge in [0, 0.05) is 19.6 Å². The van der Waals surface area contributed by atoms with Crippen molar-refractivity contribution in [1.82, 2.24) is 15.5 Å². The van der Waals surface area contributed by atoms with Crippen molar-refractivity contribution in [2.24, 2.45) is 5.92 Å². The number of carbonyl (C=O) groups excluding carboxylic acids is 1. The Labute approximate surface area is 139 Å². The standard InChI is InChI=1S/C18H29N3O2/c1-14(13-21-9-5-6-10-21)11-19-18(23)20-12-17(22)16-8-4-3-7-15(16)2/h3-4,7-8,14,17,22H,5-6,9-13H2,1-2H3,(H2,19,20,23). The van der Waals surface area contributed by atoms with Crippen molar-refractivity contribution in [2.75, 3.05) is 32.7 Å². The third kappa shape index (κ3) is 5.84. The third-order valence-corrected chi connectivity index (χ3v) is 4.38. The van der Waals surface area contributed by atoms with E-state index in [1.54, 1.807) is 0 Å². The normalized spacial score (nSPS) is 17.7. The quantitative estimate of drug-likeness (QED) is 0.721. The van der Waals surface area contributed by atoms with Gasteiger partial charge in [-0.1, -0.05) is 31.2 Å². The summed E-state index contributed by atoms with van der Waals surface area (Å²) in [6.07, 6.45) is 1.90. The summed E-state index contributed by atoms with van der Waals surface area (Å²) in [5, 5.41) is 15.8. The first-order chi connectivity index (χ1) is 11.1. The van der Waals surface area contributed by atoms with Crippen molar-refractivity contribution in [2.45, 2.75) is 32.8 Å². The van der Waals surface area contributed by atoms with Gasteiger partial charge in [0.15, 0.2) is 0 Å². The fraction of sp³-hybridized carbons (Fsp3) is 0.611. The molecule has 0 aromatic heterocycles. The molecule has 5 heteroatoms. The molecule has 0 radical (unpaired) electrons. The highest BCUT2D eigenvalue weighted by Gasteiger charge is 2.15. The van der Waals surface area contributed by atoms with Crippen molar-refractivity contribution < 1.29 is 9.90 Å². The number of benzene rings is 1. The molecular weight excluding hydrogens is 290 g/mol. The average molecular weight is 319 g/mol. The zero-order valence-corrected chi connectivity index (χ0v) is 14.2. The lowest BCUT2D eigenvalue weighted by Gasteiger charge is -2.21. The highest BCUT2D eigenvalue weighted by atomic mass is 16.3. The van der Waals surface area contributed by atoms with E-state index in [-0.39, 0.29) is 12.6 Å². The van der Waals surface area contributed by atoms with Crippen LogP contribution in [0.5, 0.6) is 0 Å². The Morgan fingerprint density at radius 2 is 1.87 bits per heavy atom. The Bertz CT molecular complexity index is 501. The zero-order valence-electron chi connectivity index (χ0n) is 14.2. The number of nitrogens with zero attached hydrogens (tertiary/aromatic N) is 1. The van der Waals surface area contributed by atoms with E-state index in [2.05, 4.69) is 22.5 Å². The highest BCUT2D eigenvalue weighted by molar-refractivity contribution is 5.73. The minimum Gasteiger partial charge on any atom is -0.387 e. The fourth-order valence-electron chi connectivity index (χ4n) is 3.06. The number of amides is 2. The van der Waals surface area contributed by atoms with Crippen LogP contribution in [0.1, 0.15) is 37.0 Å². The molecule has 1 aromatic carbocycles. The predicted octanol–water partition coefficient (Wildman–Crippen LogP) is 2.06. The summed E-state index contributed by atoms with van der Waals surface area (Å²) in [6.45, 7) is 8.38. The Kier molecular flexibility index (Phi) is 6.86. The maximum Gasteiger partial charge on any atom is 0.314 e. The number of hydrogen-bond donors (Lipinski definition) is 3. The lowest BCUT2D eigenvalue weighted by atomic mass is 10.0. The lowest BCUT2D eigenvalue weighted by Crippen LogP contribution is -2.41. The van der Waals surface area contributed by atoms with Gasteiger partial charge in [0.2, 0.25) is 0 Å². The summed E-state index contributed by atoms with van der Waals surface area (Å²) in [4.78, 5) is 14.3. The molecule has 2 amide bonds. The number of urea groups is 1. The van der Waals surface area contributed by atoms with Gasteiger partial charge in [-0.3, -0.25) is 0 Å². The van der Waals surface area contributed by atoms with Crippen LogP contribution in [0.4, 0.5) is 4.79 Å². The molecule has 1 aliphatic rings. The van der Waals surface area contributed by atoms with Gasteiger partial charge in [-0.05, 0) is 49.9 Å². The van der Waals surface area contributed by atoms with Gasteiger partial charge in [-0.15, -0.1) is 0 Å². The minimum absolute atomic E-state index is 0.217. The molecule has 1 aromatic rings. The number of rotatable bonds is 7. The van der Waals surface area contributed by atoms with Crippen LogP contribution in [0.25, 0.3) is 0 Å². The van der Waals surface area contributed by atoms with Gasteiger partial charge in [0.25, 0.3) is 0 Å². The minimum atomic E-state index is -0.677. The van der Waals surface area contributed by atoms with Gasteiger partial charge in [0.1, 0.15) is 0 Å². The Morgan fingerprint density at radius 1 is 1.22 bits per heavy atom. The molecule has 0 spiro atoms. The zero-order chi connectivity index (χ0) is 16.7. The number of nitrogens with one attached hydrogen (secondary N) is 2. The van der Waals surface area contributed by atoms with Crippen molar-refractivity contribution in [3.63, 3.8) is 0 Å². The summed E-state index contributed by atoms with van der Waals surface area (Å²) in [7, 11) is 0. The summed E-state index contributed by atoms with van der Waals surface area (Å²) >= 11 is 0. The number of aryl methyl sites for hydroxylation is 1. The number of carbonyl (C=O) groups is 1. The van der Waals surface area contributed by atoms with E-state index >= 15 is 0 Å². The van der Waals surface area contributed by atoms with Crippen LogP contribution in [-0.4, -0.2) is 48.8 Å². The monoisotopic (exact) mass is 319 g/mol. The number of likely N-dealkylation sites (tertiary alicyclic amines) is 1. The largest absolute Gasteiger partial charge is 0.387 e. The Morgan fingerprint density at radius 3 is 2.57 bits per heavy atom. The number of aliphatic hydroxyl groups excluding tert-OH is 1. The molecule has 0 aliphatic carbocycles. The van der Waals surface area contributed by atoms with Gasteiger partial charge < -0.3 is 20.6 Å². The summed E-state index contributed by atoms with van der Waals surface area (Å²) in [6, 6.07) is 7.46. The molecule has 1 aliphatic heterocycles. The maximum absolute atomic E-state index is 11.9. The van der Waals surface area contributed by atoms with Gasteiger partial charge in [-0.2, -0.15) is 0 Å². The van der Waals surface area contributed by atoms with Crippen molar-refractivity contribution in [3.05, 3.63) is 35.4 Å². The van der Waals surface area contributed by atoms with E-state index in [1.165, 1.54) is 25.9 Å². The van der Waals surface area contributed by atoms with Gasteiger partial charge in [-0.25, -0.2) is 4.79 Å². The topological polar surface area (TPSA) is 64.6 Å². The molecule has 0 bridgehead atoms. The van der Waals surface area contributed by atoms with Crippen LogP contribution in [0.3, 0.4) is 0 Å². The average Bonchev–Trinajstić information content (AvgIpc) is 3.04. The van der Waals surface area contributed by atoms with Crippen molar-refractivity contribution in [3.8, 4) is 0 Å². The van der Waals surface area contributed by atoms with Crippen LogP contribution in [0.15, 0.2) is 24.3 Å². The molecule has 2 rings (SSSR count). The van der Waals surface area contributed by atoms with Crippen LogP contribution >= 0.6 is 0 Å². The van der Waals surface area contributed by atoms with E-state index in [0.717, 1.165) is 17.7 Å². The van der Waals surface area contributed by atoms with E-state index < -0.39 is 6.10 Å². The second kappa shape index (κ2) is 8.89. The van der Waals surface area contributed by atoms with Crippen LogP contribution in [0.2, 0.25) is 0 Å². The van der Waals surface area contributed by atoms with E-state index in [0.29, 0.717) is 12.5 Å². The van der Waals surface area contributed by atoms with Crippen LogP contribution in [0, 0.1) is 12.8 Å². The molecule has 1 fully saturated rings. The molecule has 5 nitrogen and oxygen atoms in total. The Hall–Kier alpha value is -1.59. The smallest absolute Gasteiger partial charge is 0.314 e. The second-order valence-corrected chi connectivity index (χ2v) is 6.58. The van der Waals surface area contributed by atoms with Gasteiger partial charge in [0.05, 0.1) is 6.10 Å². The third-order valence-electron chi connectivity index (χ3n) is 4.38. The van der Waals surface area contributed by atoms with E-state index in [1.807, 2.05) is 31.2 Å². The lowest BCUT2D eigenvalue weighted by molar-refractivity contribution is 0.172. The molecule has 128 valence electrons. The van der Waals surface area contributed by atoms with E-state index in [9.17, 15) is 9.90 Å². The van der Waals surface area contributed by atoms with E-state index in [4.69, 9.17) is 0 Å². The highest BCUT2D eigenvalue weighted by Crippen LogP contribution is 2.16. The molecule has 3 N–H and O–H groups in total. The first kappa shape index (κ1) is 17.8. The molecule has 0 saturated carbocycles. The second-order valence-electron chi connectivity index (χ2n) is 6.58. The Balaban J connectivity index is 1.65. The first-order valence-electron chi connectivity index (χ1n) is 8.54. The number of aliphatic hydroxyl groups is 1. The maximum atomic E-state index is 11.9. The summed E-state index contributed by atoms with van der Waals surface area (Å²) in [5.41, 5.74) is 1.89. The summed E-state index contributed by atoms with van der Waals surface area (Å²) < 4.78 is 0. The number of hydrogen-bond acceptors (Lipinski definition) is 3. The molecule has 2 unspecified atom stereocenters. The molecule has 2 atom stereocenters. The SMILES string of the molecule is Cc1ccccc1C(O)CNC(=O)NCC(C)CN1CCCC1. The van der Waals surface area contributed by atoms with Crippen molar-refractivity contribution >= 4 is 6.03 Å². The van der Waals surface area contributed by atoms with Gasteiger partial charge >= 0.3 is 6.03 Å². The van der Waals surface area contributed by atoms with Crippen LogP contribution < -0.4 is 10.6 Å². The van der Waals surface area contributed by atoms with Crippen LogP contribution in [-0.2, 0) is 0 Å². The molecule has 23 heavy (non-hydrogen) atoms.